The van der Waals surface area contributed by atoms with Gasteiger partial charge < -0.3 is 15.4 Å². The van der Waals surface area contributed by atoms with Crippen LogP contribution in [0.25, 0.3) is 0 Å². The Morgan fingerprint density at radius 3 is 2.32 bits per heavy atom. The van der Waals surface area contributed by atoms with Gasteiger partial charge in [-0.2, -0.15) is 0 Å². The van der Waals surface area contributed by atoms with Crippen molar-refractivity contribution in [2.45, 2.75) is 32.7 Å². The Morgan fingerprint density at radius 1 is 1.08 bits per heavy atom. The van der Waals surface area contributed by atoms with E-state index in [1.165, 1.54) is 0 Å². The van der Waals surface area contributed by atoms with Crippen LogP contribution >= 0.6 is 23.4 Å². The number of anilines is 1. The van der Waals surface area contributed by atoms with Gasteiger partial charge in [0.2, 0.25) is 5.91 Å². The van der Waals surface area contributed by atoms with Gasteiger partial charge in [-0.3, -0.25) is 14.4 Å². The van der Waals surface area contributed by atoms with Gasteiger partial charge in [0.1, 0.15) is 0 Å². The number of amides is 2. The van der Waals surface area contributed by atoms with Crippen LogP contribution in [-0.2, 0) is 19.1 Å². The third-order valence-electron chi connectivity index (χ3n) is 3.30. The molecule has 0 atom stereocenters. The van der Waals surface area contributed by atoms with Crippen LogP contribution in [0.2, 0.25) is 5.02 Å². The molecular weight excluding hydrogens is 364 g/mol. The molecule has 8 heteroatoms. The number of esters is 1. The number of nitrogens with one attached hydrogen (secondary N) is 2. The maximum Gasteiger partial charge on any atom is 0.316 e. The predicted molar refractivity (Wildman–Crippen MR) is 101 cm³/mol. The second-order valence-electron chi connectivity index (χ2n) is 5.29. The number of carbonyl (C=O) groups excluding carboxylic acids is 3. The zero-order valence-electron chi connectivity index (χ0n) is 14.3. The first-order valence-corrected chi connectivity index (χ1v) is 9.56. The van der Waals surface area contributed by atoms with Gasteiger partial charge in [-0.1, -0.05) is 25.4 Å². The molecule has 0 bridgehead atoms. The third-order valence-corrected chi connectivity index (χ3v) is 4.45. The van der Waals surface area contributed by atoms with Crippen molar-refractivity contribution in [2.75, 3.05) is 23.4 Å². The van der Waals surface area contributed by atoms with Crippen LogP contribution in [0.3, 0.4) is 0 Å². The molecule has 0 aromatic heterocycles. The van der Waals surface area contributed by atoms with Crippen molar-refractivity contribution in [3.8, 4) is 0 Å². The molecule has 0 aliphatic carbocycles. The summed E-state index contributed by atoms with van der Waals surface area (Å²) >= 11 is 6.89. The van der Waals surface area contributed by atoms with Crippen LogP contribution in [0.1, 0.15) is 26.7 Å². The van der Waals surface area contributed by atoms with Crippen LogP contribution in [0.4, 0.5) is 5.69 Å². The van der Waals surface area contributed by atoms with Gasteiger partial charge in [0, 0.05) is 16.8 Å². The summed E-state index contributed by atoms with van der Waals surface area (Å²) in [6.07, 6.45) is 1.66. The molecule has 0 aliphatic heterocycles. The maximum atomic E-state index is 11.8. The smallest absolute Gasteiger partial charge is 0.316 e. The predicted octanol–water partition coefficient (Wildman–Crippen LogP) is 2.86. The van der Waals surface area contributed by atoms with Gasteiger partial charge >= 0.3 is 5.97 Å². The first kappa shape index (κ1) is 21.3. The number of hydrogen-bond acceptors (Lipinski definition) is 5. The Labute approximate surface area is 157 Å². The molecule has 0 saturated carbocycles. The van der Waals surface area contributed by atoms with E-state index in [0.29, 0.717) is 10.7 Å². The van der Waals surface area contributed by atoms with E-state index in [-0.39, 0.29) is 36.0 Å². The fraction of sp³-hybridized carbons (Fsp3) is 0.471. The van der Waals surface area contributed by atoms with E-state index in [9.17, 15) is 14.4 Å². The van der Waals surface area contributed by atoms with Gasteiger partial charge in [0.05, 0.1) is 11.5 Å². The molecule has 0 fully saturated rings. The van der Waals surface area contributed by atoms with Gasteiger partial charge in [-0.25, -0.2) is 0 Å². The summed E-state index contributed by atoms with van der Waals surface area (Å²) in [5.74, 6) is -0.952. The van der Waals surface area contributed by atoms with Crippen LogP contribution in [0.5, 0.6) is 0 Å². The zero-order chi connectivity index (χ0) is 18.7. The van der Waals surface area contributed by atoms with E-state index in [1.54, 1.807) is 24.3 Å². The first-order chi connectivity index (χ1) is 11.9. The maximum absolute atomic E-state index is 11.8. The van der Waals surface area contributed by atoms with Crippen molar-refractivity contribution in [2.24, 2.45) is 0 Å². The Morgan fingerprint density at radius 2 is 1.72 bits per heavy atom. The SMILES string of the molecule is CCC(CC)NC(=O)COC(=O)CSCC(=O)Nc1ccc(Cl)cc1. The second kappa shape index (κ2) is 11.8. The van der Waals surface area contributed by atoms with Crippen LogP contribution < -0.4 is 10.6 Å². The van der Waals surface area contributed by atoms with Crippen molar-refractivity contribution in [1.82, 2.24) is 5.32 Å². The third kappa shape index (κ3) is 9.36. The summed E-state index contributed by atoms with van der Waals surface area (Å²) in [6, 6.07) is 6.83. The quantitative estimate of drug-likeness (QED) is 0.604. The molecule has 2 N–H and O–H groups in total. The second-order valence-corrected chi connectivity index (χ2v) is 6.71. The summed E-state index contributed by atoms with van der Waals surface area (Å²) in [7, 11) is 0. The molecule has 0 radical (unpaired) electrons. The number of carbonyl (C=O) groups is 3. The van der Waals surface area contributed by atoms with E-state index in [2.05, 4.69) is 10.6 Å². The van der Waals surface area contributed by atoms with Crippen LogP contribution in [-0.4, -0.2) is 41.9 Å². The zero-order valence-corrected chi connectivity index (χ0v) is 15.9. The van der Waals surface area contributed by atoms with Crippen molar-refractivity contribution in [1.29, 1.82) is 0 Å². The van der Waals surface area contributed by atoms with Gasteiger partial charge in [0.15, 0.2) is 6.61 Å². The Bertz CT molecular complexity index is 577. The Hall–Kier alpha value is -1.73. The number of thioether (sulfide) groups is 1. The van der Waals surface area contributed by atoms with Crippen molar-refractivity contribution >= 4 is 46.8 Å². The lowest BCUT2D eigenvalue weighted by Crippen LogP contribution is -2.37. The average Bonchev–Trinajstić information content (AvgIpc) is 2.59. The first-order valence-electron chi connectivity index (χ1n) is 8.02. The van der Waals surface area contributed by atoms with Crippen molar-refractivity contribution in [3.05, 3.63) is 29.3 Å². The fourth-order valence-corrected chi connectivity index (χ4v) is 2.64. The standard InChI is InChI=1S/C17H23ClN2O4S/c1-3-13(4-2)19-15(21)9-24-17(23)11-25-10-16(22)20-14-7-5-12(18)6-8-14/h5-8,13H,3-4,9-11H2,1-2H3,(H,19,21)(H,20,22). The molecule has 138 valence electrons. The molecule has 25 heavy (non-hydrogen) atoms. The normalized spacial score (nSPS) is 10.4. The number of hydrogen-bond donors (Lipinski definition) is 2. The number of halogens is 1. The van der Waals surface area contributed by atoms with E-state index in [0.717, 1.165) is 24.6 Å². The summed E-state index contributed by atoms with van der Waals surface area (Å²) in [5, 5.41) is 6.06. The number of benzene rings is 1. The van der Waals surface area contributed by atoms with Gasteiger partial charge in [-0.15, -0.1) is 11.8 Å². The lowest BCUT2D eigenvalue weighted by Gasteiger charge is -2.14. The van der Waals surface area contributed by atoms with E-state index in [1.807, 2.05) is 13.8 Å². The minimum atomic E-state index is -0.524. The molecule has 1 aromatic carbocycles. The molecule has 0 unspecified atom stereocenters. The Balaban J connectivity index is 2.18. The molecule has 0 heterocycles. The number of ether oxygens (including phenoxy) is 1. The van der Waals surface area contributed by atoms with Gasteiger partial charge in [-0.05, 0) is 37.1 Å². The molecule has 1 rings (SSSR count). The molecular formula is C17H23ClN2O4S. The highest BCUT2D eigenvalue weighted by Gasteiger charge is 2.12. The monoisotopic (exact) mass is 386 g/mol. The van der Waals surface area contributed by atoms with Crippen molar-refractivity contribution < 1.29 is 19.1 Å². The molecule has 0 aliphatic rings. The van der Waals surface area contributed by atoms with E-state index in [4.69, 9.17) is 16.3 Å². The highest BCUT2D eigenvalue weighted by Crippen LogP contribution is 2.13. The van der Waals surface area contributed by atoms with Crippen LogP contribution in [0, 0.1) is 0 Å². The average molecular weight is 387 g/mol. The lowest BCUT2D eigenvalue weighted by atomic mass is 10.2. The van der Waals surface area contributed by atoms with Crippen molar-refractivity contribution in [3.63, 3.8) is 0 Å². The summed E-state index contributed by atoms with van der Waals surface area (Å²) < 4.78 is 4.89. The topological polar surface area (TPSA) is 84.5 Å². The minimum absolute atomic E-state index is 0.00625. The fourth-order valence-electron chi connectivity index (χ4n) is 1.91. The van der Waals surface area contributed by atoms with E-state index < -0.39 is 5.97 Å². The van der Waals surface area contributed by atoms with Crippen LogP contribution in [0.15, 0.2) is 24.3 Å². The minimum Gasteiger partial charge on any atom is -0.455 e. The molecule has 2 amide bonds. The molecule has 6 nitrogen and oxygen atoms in total. The lowest BCUT2D eigenvalue weighted by molar-refractivity contribution is -0.146. The Kier molecular flexibility index (Phi) is 10.0. The number of rotatable bonds is 10. The molecule has 1 aromatic rings. The summed E-state index contributed by atoms with van der Waals surface area (Å²) in [4.78, 5) is 34.9. The summed E-state index contributed by atoms with van der Waals surface area (Å²) in [6.45, 7) is 3.66. The molecule has 0 spiro atoms. The molecule has 0 saturated heterocycles. The van der Waals surface area contributed by atoms with Gasteiger partial charge in [0.25, 0.3) is 5.91 Å². The van der Waals surface area contributed by atoms with E-state index >= 15 is 0 Å². The highest BCUT2D eigenvalue weighted by atomic mass is 35.5. The largest absolute Gasteiger partial charge is 0.455 e. The summed E-state index contributed by atoms with van der Waals surface area (Å²) in [5.41, 5.74) is 0.635. The highest BCUT2D eigenvalue weighted by molar-refractivity contribution is 8.00.